The summed E-state index contributed by atoms with van der Waals surface area (Å²) < 4.78 is 4.66. The number of esters is 1. The van der Waals surface area contributed by atoms with E-state index in [1.807, 2.05) is 0 Å². The van der Waals surface area contributed by atoms with Crippen LogP contribution in [0.25, 0.3) is 0 Å². The fourth-order valence-corrected chi connectivity index (χ4v) is 1.57. The minimum atomic E-state index is -0.391. The highest BCUT2D eigenvalue weighted by molar-refractivity contribution is 6.02. The van der Waals surface area contributed by atoms with Crippen LogP contribution in [0.5, 0.6) is 0 Å². The average Bonchev–Trinajstić information content (AvgIpc) is 2.52. The lowest BCUT2D eigenvalue weighted by atomic mass is 10.1. The van der Waals surface area contributed by atoms with Gasteiger partial charge in [-0.05, 0) is 26.3 Å². The van der Waals surface area contributed by atoms with Crippen molar-refractivity contribution in [3.05, 3.63) is 22.5 Å². The van der Waals surface area contributed by atoms with E-state index < -0.39 is 5.97 Å². The molecule has 0 unspecified atom stereocenters. The highest BCUT2D eigenvalue weighted by atomic mass is 16.5. The zero-order valence-corrected chi connectivity index (χ0v) is 9.21. The topological polar surface area (TPSA) is 74.7 Å². The molecule has 1 heterocycles. The summed E-state index contributed by atoms with van der Waals surface area (Å²) in [7, 11) is 1.33. The van der Waals surface area contributed by atoms with Crippen molar-refractivity contribution in [3.63, 3.8) is 0 Å². The molecule has 0 aliphatic carbocycles. The first kappa shape index (κ1) is 11.3. The maximum Gasteiger partial charge on any atom is 0.339 e. The van der Waals surface area contributed by atoms with Crippen LogP contribution in [0.1, 0.15) is 34.2 Å². The van der Waals surface area contributed by atoms with Crippen LogP contribution in [-0.4, -0.2) is 29.0 Å². The lowest BCUT2D eigenvalue weighted by Crippen LogP contribution is -2.04. The Kier molecular flexibility index (Phi) is 3.14. The maximum absolute atomic E-state index is 11.4. The Morgan fingerprint density at radius 1 is 1.47 bits per heavy atom. The van der Waals surface area contributed by atoms with Crippen LogP contribution in [-0.2, 0) is 4.74 Å². The molecule has 0 aliphatic rings. The smallest absolute Gasteiger partial charge is 0.339 e. The highest BCUT2D eigenvalue weighted by Gasteiger charge is 2.19. The standard InChI is InChI=1S/C10H14N2O3/c1-5-8(10(13)15-4)6(2)11-9(5)7(3)12-14/h11,14H,1-4H3/b12-7-. The second kappa shape index (κ2) is 4.16. The van der Waals surface area contributed by atoms with Gasteiger partial charge in [0.2, 0.25) is 0 Å². The Balaban J connectivity index is 3.33. The first-order chi connectivity index (χ1) is 7.02. The van der Waals surface area contributed by atoms with E-state index in [0.717, 1.165) is 5.56 Å². The molecule has 82 valence electrons. The van der Waals surface area contributed by atoms with Crippen molar-refractivity contribution < 1.29 is 14.7 Å². The SMILES string of the molecule is COC(=O)c1c(C)[nH]c(/C(C)=N\O)c1C. The number of nitrogens with zero attached hydrogens (tertiary/aromatic N) is 1. The van der Waals surface area contributed by atoms with Crippen molar-refractivity contribution in [2.45, 2.75) is 20.8 Å². The highest BCUT2D eigenvalue weighted by Crippen LogP contribution is 2.19. The van der Waals surface area contributed by atoms with E-state index in [-0.39, 0.29) is 0 Å². The number of carbonyl (C=O) groups excluding carboxylic acids is 1. The maximum atomic E-state index is 11.4. The van der Waals surface area contributed by atoms with Crippen LogP contribution in [0.2, 0.25) is 0 Å². The van der Waals surface area contributed by atoms with E-state index >= 15 is 0 Å². The summed E-state index contributed by atoms with van der Waals surface area (Å²) in [5.74, 6) is -0.391. The van der Waals surface area contributed by atoms with E-state index in [4.69, 9.17) is 5.21 Å². The number of aryl methyl sites for hydroxylation is 1. The van der Waals surface area contributed by atoms with Crippen LogP contribution in [0.15, 0.2) is 5.16 Å². The predicted molar refractivity (Wildman–Crippen MR) is 55.6 cm³/mol. The molecule has 0 saturated heterocycles. The van der Waals surface area contributed by atoms with Gasteiger partial charge in [0.25, 0.3) is 0 Å². The molecular weight excluding hydrogens is 196 g/mol. The molecule has 0 aliphatic heterocycles. The number of H-pyrrole nitrogens is 1. The van der Waals surface area contributed by atoms with Gasteiger partial charge in [0.1, 0.15) is 5.71 Å². The van der Waals surface area contributed by atoms with Crippen LogP contribution in [0.4, 0.5) is 0 Å². The van der Waals surface area contributed by atoms with Crippen molar-refractivity contribution >= 4 is 11.7 Å². The molecule has 0 bridgehead atoms. The summed E-state index contributed by atoms with van der Waals surface area (Å²) in [6.45, 7) is 5.20. The molecule has 0 saturated carbocycles. The third kappa shape index (κ3) is 1.86. The Morgan fingerprint density at radius 3 is 2.53 bits per heavy atom. The molecule has 0 amide bonds. The summed E-state index contributed by atoms with van der Waals surface area (Å²) in [5.41, 5.74) is 3.02. The summed E-state index contributed by atoms with van der Waals surface area (Å²) in [4.78, 5) is 14.4. The lowest BCUT2D eigenvalue weighted by Gasteiger charge is -1.99. The summed E-state index contributed by atoms with van der Waals surface area (Å²) >= 11 is 0. The number of aromatic amines is 1. The van der Waals surface area contributed by atoms with E-state index in [0.29, 0.717) is 22.7 Å². The van der Waals surface area contributed by atoms with Gasteiger partial charge in [-0.25, -0.2) is 4.79 Å². The normalized spacial score (nSPS) is 11.6. The molecule has 0 spiro atoms. The number of hydrogen-bond donors (Lipinski definition) is 2. The van der Waals surface area contributed by atoms with Gasteiger partial charge >= 0.3 is 5.97 Å². The molecule has 0 radical (unpaired) electrons. The van der Waals surface area contributed by atoms with Crippen molar-refractivity contribution in [2.24, 2.45) is 5.16 Å². The Hall–Kier alpha value is -1.78. The predicted octanol–water partition coefficient (Wildman–Crippen LogP) is 1.62. The Labute approximate surface area is 87.7 Å². The third-order valence-corrected chi connectivity index (χ3v) is 2.34. The summed E-state index contributed by atoms with van der Waals surface area (Å²) in [6.07, 6.45) is 0. The van der Waals surface area contributed by atoms with Gasteiger partial charge in [0.15, 0.2) is 0 Å². The molecule has 0 fully saturated rings. The number of oxime groups is 1. The number of ether oxygens (including phenoxy) is 1. The van der Waals surface area contributed by atoms with Crippen LogP contribution in [0.3, 0.4) is 0 Å². The quantitative estimate of drug-likeness (QED) is 0.337. The summed E-state index contributed by atoms with van der Waals surface area (Å²) in [6, 6.07) is 0. The van der Waals surface area contributed by atoms with Gasteiger partial charge in [-0.3, -0.25) is 0 Å². The molecule has 1 rings (SSSR count). The number of methoxy groups -OCH3 is 1. The van der Waals surface area contributed by atoms with Crippen LogP contribution < -0.4 is 0 Å². The second-order valence-electron chi connectivity index (χ2n) is 3.30. The molecule has 5 heteroatoms. The lowest BCUT2D eigenvalue weighted by molar-refractivity contribution is 0.0599. The van der Waals surface area contributed by atoms with Crippen molar-refractivity contribution in [2.75, 3.05) is 7.11 Å². The number of nitrogens with one attached hydrogen (secondary N) is 1. The van der Waals surface area contributed by atoms with E-state index in [9.17, 15) is 4.79 Å². The third-order valence-electron chi connectivity index (χ3n) is 2.34. The van der Waals surface area contributed by atoms with E-state index in [2.05, 4.69) is 14.9 Å². The molecule has 0 atom stereocenters. The number of hydrogen-bond acceptors (Lipinski definition) is 4. The second-order valence-corrected chi connectivity index (χ2v) is 3.30. The fraction of sp³-hybridized carbons (Fsp3) is 0.400. The Morgan fingerprint density at radius 2 is 2.07 bits per heavy atom. The zero-order valence-electron chi connectivity index (χ0n) is 9.21. The first-order valence-corrected chi connectivity index (χ1v) is 4.49. The Bertz CT molecular complexity index is 419. The molecule has 5 nitrogen and oxygen atoms in total. The number of rotatable bonds is 2. The summed E-state index contributed by atoms with van der Waals surface area (Å²) in [5, 5.41) is 11.8. The molecular formula is C10H14N2O3. The van der Waals surface area contributed by atoms with Crippen molar-refractivity contribution in [3.8, 4) is 0 Å². The van der Waals surface area contributed by atoms with Gasteiger partial charge in [0.05, 0.1) is 18.4 Å². The molecule has 0 aromatic carbocycles. The number of aromatic nitrogens is 1. The molecule has 1 aromatic heterocycles. The van der Waals surface area contributed by atoms with E-state index in [1.165, 1.54) is 7.11 Å². The molecule has 1 aromatic rings. The average molecular weight is 210 g/mol. The minimum absolute atomic E-state index is 0.391. The van der Waals surface area contributed by atoms with Gasteiger partial charge in [0, 0.05) is 5.69 Å². The molecule has 2 N–H and O–H groups in total. The van der Waals surface area contributed by atoms with Crippen molar-refractivity contribution in [1.82, 2.24) is 4.98 Å². The first-order valence-electron chi connectivity index (χ1n) is 4.49. The fourth-order valence-electron chi connectivity index (χ4n) is 1.57. The van der Waals surface area contributed by atoms with Gasteiger partial charge in [-0.1, -0.05) is 5.16 Å². The van der Waals surface area contributed by atoms with Crippen LogP contribution in [0, 0.1) is 13.8 Å². The van der Waals surface area contributed by atoms with Gasteiger partial charge < -0.3 is 14.9 Å². The van der Waals surface area contributed by atoms with Crippen LogP contribution >= 0.6 is 0 Å². The van der Waals surface area contributed by atoms with E-state index in [1.54, 1.807) is 20.8 Å². The van der Waals surface area contributed by atoms with Gasteiger partial charge in [-0.15, -0.1) is 0 Å². The van der Waals surface area contributed by atoms with Gasteiger partial charge in [-0.2, -0.15) is 0 Å². The van der Waals surface area contributed by atoms with Crippen molar-refractivity contribution in [1.29, 1.82) is 0 Å². The zero-order chi connectivity index (χ0) is 11.6. The minimum Gasteiger partial charge on any atom is -0.465 e. The largest absolute Gasteiger partial charge is 0.465 e. The monoisotopic (exact) mass is 210 g/mol. The molecule has 15 heavy (non-hydrogen) atoms. The number of carbonyl (C=O) groups is 1.